The molecule has 0 bridgehead atoms. The van der Waals surface area contributed by atoms with E-state index in [2.05, 4.69) is 0 Å². The van der Waals surface area contributed by atoms with Gasteiger partial charge in [-0.25, -0.2) is 0 Å². The van der Waals surface area contributed by atoms with Crippen LogP contribution >= 0.6 is 1180 Å². The van der Waals surface area contributed by atoms with Gasteiger partial charge in [-0.3, -0.25) is 0 Å². The Kier molecular flexibility index (Phi) is 58100. The molecule has 0 spiro atoms. The van der Waals surface area contributed by atoms with E-state index in [0.717, 1.165) is 0 Å². The second-order valence-corrected chi connectivity index (χ2v) is 0. The van der Waals surface area contributed by atoms with Crippen LogP contribution in [-0.4, -0.2) is 0 Å². The summed E-state index contributed by atoms with van der Waals surface area (Å²) in [6.07, 6.45) is 0. The van der Waals surface area contributed by atoms with Crippen molar-refractivity contribution >= 4 is 1180 Å². The Morgan fingerprint density at radius 2 is 0.0309 bits per heavy atom. The zero-order valence-corrected chi connectivity index (χ0v) is 118. The summed E-state index contributed by atoms with van der Waals surface area (Å²) in [5.74, 6) is 0. The molecule has 0 atom stereocenters. The van der Waals surface area contributed by atoms with Crippen LogP contribution in [0.3, 0.4) is 0 Å². The topological polar surface area (TPSA) is 0 Å². The normalized spacial score (nSPS) is 0. The molecule has 0 aromatic rings. The molecule has 0 amide bonds. The third kappa shape index (κ3) is 2310. The van der Waals surface area contributed by atoms with Gasteiger partial charge in [-0.2, -0.15) is 0 Å². The van der Waals surface area contributed by atoms with E-state index in [1.165, 1.54) is 0 Å². The van der Waals surface area contributed by atoms with E-state index in [4.69, 9.17) is 0 Å². The van der Waals surface area contributed by atoms with Gasteiger partial charge in [0.15, 0.2) is 0 Å². The summed E-state index contributed by atoms with van der Waals surface area (Å²) in [4.78, 5) is 0. The maximum Gasteiger partial charge on any atom is 1.00 e. The van der Waals surface area contributed by atoms with Crippen LogP contribution < -0.4 is 31.3 Å². The zero-order valence-electron chi connectivity index (χ0n) is 40.2. The van der Waals surface area contributed by atoms with Gasteiger partial charge < -0.3 is 12.4 Å². The molecule has 0 radical (unpaired) electrons. The molecule has 0 N–H and O–H groups in total. The fourth-order valence-electron chi connectivity index (χ4n) is 0. The molecule has 0 aromatic carbocycles. The van der Waals surface area contributed by atoms with Gasteiger partial charge in [0.05, 0.1) is 0 Å². The van der Waals surface area contributed by atoms with Gasteiger partial charge in [-0.1, -0.05) is 0 Å². The van der Waals surface area contributed by atoms with Gasteiger partial charge in [0.2, 0.25) is 0 Å². The quantitative estimate of drug-likeness (QED) is 0.212. The van der Waals surface area contributed by atoms with Gasteiger partial charge in [-0.15, -0.1) is 1180 Å². The smallest absolute Gasteiger partial charge is 1.00 e. The average Bonchev–Trinajstić information content (AvgIpc) is 0. The SMILES string of the molecule is Cl.Cl.Cl.Cl.Cl.Cl.Cl.Cl.Cl.Cl.Cl.Cl.Cl.Cl.Cl.Cl.Cl.Cl.Cl.Cl.Cl.Cl.Cl.Cl.Cl.Cl.Cl.Cl.Cl.Cl.Cl.Cl.Cl.Cl.Cl.Cl.Cl.Cl.Cl.Cl.Cl.Cl.Cl.Cl.Cl.Cl.Cl.Cl.Cl.Cl.Cl.Cl.Cl.Cl.Cl.Cl.Cl.Cl.Cl.Cl.Cl.Cl.Cl.Cl.Cl.Cl.Cl.Cl.Cl.Cl.Cl.Cl.Cl.Cl.Cl.Cl.Cl.Cl.Cl.Cl.Cl.Cl.Cl.Cl.Cl.Cl.Cl.Cl.Cl.Cl.Cl.Cl.Cl.Cl.Cl.[Cl-].[Li+]. The van der Waals surface area contributed by atoms with Crippen molar-refractivity contribution in [2.45, 2.75) is 0 Å². The predicted molar refractivity (Wildman–Crippen MR) is 689 cm³/mol. The maximum atomic E-state index is 0. The molecule has 0 unspecified atom stereocenters. The molecular formula is H95Cl96Li. The Labute approximate surface area is 1190 Å². The molecule has 0 nitrogen and oxygen atoms in total. The van der Waals surface area contributed by atoms with Gasteiger partial charge in [0, 0.05) is 0 Å². The molecule has 0 aromatic heterocycles. The summed E-state index contributed by atoms with van der Waals surface area (Å²) in [6, 6.07) is 0. The molecule has 0 rings (SSSR count). The second kappa shape index (κ2) is 2340. The number of halogens is 96. The largest absolute Gasteiger partial charge is 1.00 e. The van der Waals surface area contributed by atoms with Crippen molar-refractivity contribution in [2.75, 3.05) is 0 Å². The molecular weight excluding hydrogens is 3410 g/mol. The van der Waals surface area contributed by atoms with E-state index in [-0.39, 0.29) is 1210 Å². The summed E-state index contributed by atoms with van der Waals surface area (Å²) in [7, 11) is 0. The molecule has 0 saturated carbocycles. The maximum absolute atomic E-state index is 0. The molecule has 0 saturated heterocycles. The summed E-state index contributed by atoms with van der Waals surface area (Å²) in [6.45, 7) is 0. The van der Waals surface area contributed by atoms with Crippen LogP contribution in [0, 0.1) is 0 Å². The van der Waals surface area contributed by atoms with E-state index in [1.54, 1.807) is 0 Å². The molecule has 0 aliphatic carbocycles. The van der Waals surface area contributed by atoms with Gasteiger partial charge in [0.25, 0.3) is 0 Å². The molecule has 0 aliphatic heterocycles. The van der Waals surface area contributed by atoms with Crippen molar-refractivity contribution in [1.82, 2.24) is 0 Å². The first-order chi connectivity index (χ1) is 0. The summed E-state index contributed by atoms with van der Waals surface area (Å²) in [5.41, 5.74) is 0. The first-order valence-electron chi connectivity index (χ1n) is 0. The van der Waals surface area contributed by atoms with Crippen LogP contribution in [0.25, 0.3) is 0 Å². The van der Waals surface area contributed by atoms with Crippen molar-refractivity contribution in [3.63, 3.8) is 0 Å². The van der Waals surface area contributed by atoms with Gasteiger partial charge >= 0.3 is 18.9 Å². The van der Waals surface area contributed by atoms with Crippen molar-refractivity contribution in [2.24, 2.45) is 0 Å². The molecule has 768 valence electrons. The Morgan fingerprint density at radius 1 is 0.0309 bits per heavy atom. The minimum Gasteiger partial charge on any atom is -1.00 e. The molecule has 0 aliphatic rings. The monoisotopic (exact) mass is 3460 g/mol. The van der Waals surface area contributed by atoms with Crippen LogP contribution in [0.2, 0.25) is 0 Å². The minimum atomic E-state index is 0. The van der Waals surface area contributed by atoms with Crippen molar-refractivity contribution in [3.8, 4) is 0 Å². The Morgan fingerprint density at radius 3 is 0.0309 bits per heavy atom. The molecule has 0 fully saturated rings. The predicted octanol–water partition coefficient (Wildman–Crippen LogP) is 34.1. The van der Waals surface area contributed by atoms with E-state index in [1.807, 2.05) is 0 Å². The fraction of sp³-hybridized carbons (Fsp3) is 0. The molecule has 0 heterocycles. The van der Waals surface area contributed by atoms with E-state index < -0.39 is 0 Å². The van der Waals surface area contributed by atoms with Crippen molar-refractivity contribution in [1.29, 1.82) is 0 Å². The Bertz CT molecular complexity index is 8.04. The zero-order chi connectivity index (χ0) is 0. The van der Waals surface area contributed by atoms with Gasteiger partial charge in [-0.05, 0) is 0 Å². The van der Waals surface area contributed by atoms with E-state index in [9.17, 15) is 0 Å². The van der Waals surface area contributed by atoms with Crippen LogP contribution in [0.15, 0.2) is 0 Å². The Hall–Kier alpha value is 28.4. The van der Waals surface area contributed by atoms with Crippen LogP contribution in [0.1, 0.15) is 0 Å². The van der Waals surface area contributed by atoms with Crippen LogP contribution in [0.4, 0.5) is 0 Å². The number of rotatable bonds is 0. The number of hydrogen-bond donors (Lipinski definition) is 0. The molecule has 97 heavy (non-hydrogen) atoms. The second-order valence-electron chi connectivity index (χ2n) is 0. The Balaban J connectivity index is 0. The summed E-state index contributed by atoms with van der Waals surface area (Å²) >= 11 is 0. The first-order valence-corrected chi connectivity index (χ1v) is 0. The van der Waals surface area contributed by atoms with Crippen molar-refractivity contribution in [3.05, 3.63) is 0 Å². The van der Waals surface area contributed by atoms with Crippen LogP contribution in [-0.2, 0) is 0 Å². The third-order valence-corrected chi connectivity index (χ3v) is 0. The first kappa shape index (κ1) is 2400. The summed E-state index contributed by atoms with van der Waals surface area (Å²) < 4.78 is 0. The van der Waals surface area contributed by atoms with E-state index >= 15 is 0 Å². The fourth-order valence-corrected chi connectivity index (χ4v) is 0. The minimum absolute atomic E-state index is 0. The average molecular weight is 3510 g/mol. The van der Waals surface area contributed by atoms with Gasteiger partial charge in [0.1, 0.15) is 0 Å². The number of hydrogen-bond acceptors (Lipinski definition) is 0. The molecule has 97 heteroatoms. The standard InChI is InChI=1S/96ClH.Li/h96*1H;/q;;;;;;;;;;;;;;;;;;;;;;;;;;;;;;;;;;;;;;;;;;;;;;;;;;;;;;;;;;;;;;;;;;;;;;;;;;;;;;;;;;;;;;;;;;;;;;;;+1/p-1. The van der Waals surface area contributed by atoms with Crippen LogP contribution in [0.5, 0.6) is 0 Å². The third-order valence-electron chi connectivity index (χ3n) is 0. The van der Waals surface area contributed by atoms with Crippen molar-refractivity contribution < 1.29 is 31.3 Å². The summed E-state index contributed by atoms with van der Waals surface area (Å²) in [5, 5.41) is 0. The van der Waals surface area contributed by atoms with E-state index in [0.29, 0.717) is 0 Å².